The summed E-state index contributed by atoms with van der Waals surface area (Å²) >= 11 is 0. The molecule has 112 valence electrons. The average Bonchev–Trinajstić information content (AvgIpc) is 2.49. The maximum Gasteiger partial charge on any atom is 0.124 e. The minimum Gasteiger partial charge on any atom is -0.494 e. The van der Waals surface area contributed by atoms with Gasteiger partial charge in [-0.15, -0.1) is 0 Å². The lowest BCUT2D eigenvalue weighted by Crippen LogP contribution is -2.20. The topological polar surface area (TPSA) is 44.5 Å². The molecule has 0 heterocycles. The van der Waals surface area contributed by atoms with Crippen LogP contribution in [0.2, 0.25) is 0 Å². The highest BCUT2D eigenvalue weighted by molar-refractivity contribution is 5.38. The normalized spacial score (nSPS) is 12.0. The van der Waals surface area contributed by atoms with Crippen LogP contribution >= 0.6 is 0 Å². The van der Waals surface area contributed by atoms with E-state index in [4.69, 9.17) is 15.2 Å². The molecule has 0 spiro atoms. The van der Waals surface area contributed by atoms with Crippen LogP contribution in [0, 0.1) is 13.8 Å². The summed E-state index contributed by atoms with van der Waals surface area (Å²) in [7, 11) is 0. The third-order valence-electron chi connectivity index (χ3n) is 3.38. The van der Waals surface area contributed by atoms with Gasteiger partial charge in [-0.05, 0) is 44.0 Å². The zero-order chi connectivity index (χ0) is 15.2. The van der Waals surface area contributed by atoms with Gasteiger partial charge in [0, 0.05) is 5.56 Å². The summed E-state index contributed by atoms with van der Waals surface area (Å²) in [6.07, 6.45) is 0. The van der Waals surface area contributed by atoms with Gasteiger partial charge in [0.2, 0.25) is 0 Å². The molecule has 21 heavy (non-hydrogen) atoms. The molecule has 0 amide bonds. The Morgan fingerprint density at radius 3 is 2.52 bits per heavy atom. The third kappa shape index (κ3) is 3.99. The minimum atomic E-state index is -0.215. The van der Waals surface area contributed by atoms with Gasteiger partial charge in [0.05, 0.1) is 12.6 Å². The Kier molecular flexibility index (Phi) is 5.23. The first kappa shape index (κ1) is 15.4. The van der Waals surface area contributed by atoms with Gasteiger partial charge in [-0.3, -0.25) is 0 Å². The van der Waals surface area contributed by atoms with Crippen molar-refractivity contribution in [3.63, 3.8) is 0 Å². The van der Waals surface area contributed by atoms with Crippen molar-refractivity contribution in [2.45, 2.75) is 26.8 Å². The fourth-order valence-corrected chi connectivity index (χ4v) is 2.21. The first-order chi connectivity index (χ1) is 10.1. The molecule has 0 fully saturated rings. The number of nitrogens with two attached hydrogens (primary N) is 1. The van der Waals surface area contributed by atoms with E-state index in [9.17, 15) is 0 Å². The predicted octanol–water partition coefficient (Wildman–Crippen LogP) is 3.78. The van der Waals surface area contributed by atoms with E-state index in [1.807, 2.05) is 44.2 Å². The van der Waals surface area contributed by atoms with E-state index in [1.54, 1.807) is 0 Å². The molecule has 2 aromatic carbocycles. The Morgan fingerprint density at radius 1 is 1.00 bits per heavy atom. The fourth-order valence-electron chi connectivity index (χ4n) is 2.21. The first-order valence-electron chi connectivity index (χ1n) is 7.29. The van der Waals surface area contributed by atoms with Crippen molar-refractivity contribution in [1.29, 1.82) is 0 Å². The Bertz CT molecular complexity index is 596. The Balaban J connectivity index is 2.08. The quantitative estimate of drug-likeness (QED) is 0.878. The summed E-state index contributed by atoms with van der Waals surface area (Å²) in [6.45, 7) is 7.11. The molecule has 0 aliphatic heterocycles. The standard InChI is InChI=1S/C18H23NO2/c1-4-20-17-8-6-5-7-15(17)16(19)12-21-18-11-13(2)9-10-14(18)3/h5-11,16H,4,12,19H2,1-3H3. The van der Waals surface area contributed by atoms with Gasteiger partial charge in [-0.25, -0.2) is 0 Å². The SMILES string of the molecule is CCOc1ccccc1C(N)COc1cc(C)ccc1C. The van der Waals surface area contributed by atoms with Crippen molar-refractivity contribution in [2.75, 3.05) is 13.2 Å². The summed E-state index contributed by atoms with van der Waals surface area (Å²) in [5.74, 6) is 1.72. The molecule has 3 heteroatoms. The van der Waals surface area contributed by atoms with E-state index in [1.165, 1.54) is 5.56 Å². The monoisotopic (exact) mass is 285 g/mol. The number of rotatable bonds is 6. The van der Waals surface area contributed by atoms with Crippen LogP contribution in [0.25, 0.3) is 0 Å². The van der Waals surface area contributed by atoms with Gasteiger partial charge in [0.15, 0.2) is 0 Å². The highest BCUT2D eigenvalue weighted by Gasteiger charge is 2.13. The summed E-state index contributed by atoms with van der Waals surface area (Å²) < 4.78 is 11.5. The number of hydrogen-bond acceptors (Lipinski definition) is 3. The summed E-state index contributed by atoms with van der Waals surface area (Å²) in [5.41, 5.74) is 9.53. The Labute approximate surface area is 126 Å². The van der Waals surface area contributed by atoms with Gasteiger partial charge in [0.1, 0.15) is 18.1 Å². The maximum absolute atomic E-state index is 6.26. The molecule has 0 bridgehead atoms. The average molecular weight is 285 g/mol. The second-order valence-electron chi connectivity index (χ2n) is 5.16. The lowest BCUT2D eigenvalue weighted by molar-refractivity contribution is 0.280. The Morgan fingerprint density at radius 2 is 1.76 bits per heavy atom. The van der Waals surface area contributed by atoms with E-state index in [0.717, 1.165) is 22.6 Å². The maximum atomic E-state index is 6.26. The van der Waals surface area contributed by atoms with Gasteiger partial charge in [0.25, 0.3) is 0 Å². The number of benzene rings is 2. The van der Waals surface area contributed by atoms with Crippen LogP contribution in [0.15, 0.2) is 42.5 Å². The summed E-state index contributed by atoms with van der Waals surface area (Å²) in [4.78, 5) is 0. The molecule has 0 aromatic heterocycles. The molecule has 2 N–H and O–H groups in total. The molecule has 3 nitrogen and oxygen atoms in total. The number of hydrogen-bond donors (Lipinski definition) is 1. The van der Waals surface area contributed by atoms with Crippen LogP contribution < -0.4 is 15.2 Å². The van der Waals surface area contributed by atoms with E-state index in [2.05, 4.69) is 19.1 Å². The van der Waals surface area contributed by atoms with Crippen LogP contribution in [0.3, 0.4) is 0 Å². The van der Waals surface area contributed by atoms with Gasteiger partial charge in [-0.2, -0.15) is 0 Å². The van der Waals surface area contributed by atoms with Crippen molar-refractivity contribution >= 4 is 0 Å². The van der Waals surface area contributed by atoms with Crippen LogP contribution in [0.1, 0.15) is 29.7 Å². The van der Waals surface area contributed by atoms with Crippen LogP contribution in [-0.4, -0.2) is 13.2 Å². The van der Waals surface area contributed by atoms with Crippen molar-refractivity contribution in [1.82, 2.24) is 0 Å². The van der Waals surface area contributed by atoms with Crippen LogP contribution in [-0.2, 0) is 0 Å². The molecule has 2 aromatic rings. The lowest BCUT2D eigenvalue weighted by Gasteiger charge is -2.18. The number of para-hydroxylation sites is 1. The van der Waals surface area contributed by atoms with Crippen molar-refractivity contribution < 1.29 is 9.47 Å². The first-order valence-corrected chi connectivity index (χ1v) is 7.29. The number of aryl methyl sites for hydroxylation is 2. The van der Waals surface area contributed by atoms with Crippen molar-refractivity contribution in [3.05, 3.63) is 59.2 Å². The van der Waals surface area contributed by atoms with Crippen molar-refractivity contribution in [2.24, 2.45) is 5.73 Å². The van der Waals surface area contributed by atoms with Crippen molar-refractivity contribution in [3.8, 4) is 11.5 Å². The molecule has 1 atom stereocenters. The van der Waals surface area contributed by atoms with Crippen LogP contribution in [0.5, 0.6) is 11.5 Å². The zero-order valence-electron chi connectivity index (χ0n) is 12.9. The van der Waals surface area contributed by atoms with E-state index in [0.29, 0.717) is 13.2 Å². The summed E-state index contributed by atoms with van der Waals surface area (Å²) in [6, 6.07) is 13.8. The van der Waals surface area contributed by atoms with E-state index < -0.39 is 0 Å². The summed E-state index contributed by atoms with van der Waals surface area (Å²) in [5, 5.41) is 0. The number of ether oxygens (including phenoxy) is 2. The molecule has 0 radical (unpaired) electrons. The lowest BCUT2D eigenvalue weighted by atomic mass is 10.1. The van der Waals surface area contributed by atoms with Gasteiger partial charge < -0.3 is 15.2 Å². The fraction of sp³-hybridized carbons (Fsp3) is 0.333. The minimum absolute atomic E-state index is 0.215. The molecule has 0 aliphatic rings. The zero-order valence-corrected chi connectivity index (χ0v) is 12.9. The highest BCUT2D eigenvalue weighted by atomic mass is 16.5. The predicted molar refractivity (Wildman–Crippen MR) is 86.0 cm³/mol. The molecule has 1 unspecified atom stereocenters. The molecular formula is C18H23NO2. The van der Waals surface area contributed by atoms with Crippen LogP contribution in [0.4, 0.5) is 0 Å². The molecular weight excluding hydrogens is 262 g/mol. The largest absolute Gasteiger partial charge is 0.494 e. The Hall–Kier alpha value is -2.00. The molecule has 0 aliphatic carbocycles. The van der Waals surface area contributed by atoms with Gasteiger partial charge in [-0.1, -0.05) is 30.3 Å². The molecule has 0 saturated carbocycles. The third-order valence-corrected chi connectivity index (χ3v) is 3.38. The van der Waals surface area contributed by atoms with E-state index in [-0.39, 0.29) is 6.04 Å². The second kappa shape index (κ2) is 7.14. The smallest absolute Gasteiger partial charge is 0.124 e. The second-order valence-corrected chi connectivity index (χ2v) is 5.16. The van der Waals surface area contributed by atoms with Gasteiger partial charge >= 0.3 is 0 Å². The highest BCUT2D eigenvalue weighted by Crippen LogP contribution is 2.25. The molecule has 0 saturated heterocycles. The molecule has 2 rings (SSSR count). The van der Waals surface area contributed by atoms with E-state index >= 15 is 0 Å².